The van der Waals surface area contributed by atoms with Gasteiger partial charge in [0.25, 0.3) is 0 Å². The predicted molar refractivity (Wildman–Crippen MR) is 105 cm³/mol. The van der Waals surface area contributed by atoms with Crippen LogP contribution in [0.5, 0.6) is 0 Å². The Balaban J connectivity index is 1.95. The monoisotopic (exact) mass is 357 g/mol. The first-order valence-electron chi connectivity index (χ1n) is 8.32. The van der Waals surface area contributed by atoms with Crippen LogP contribution in [0.15, 0.2) is 72.8 Å². The van der Waals surface area contributed by atoms with E-state index in [4.69, 9.17) is 0 Å². The zero-order valence-electron chi connectivity index (χ0n) is 14.1. The number of carboxylic acids is 2. The van der Waals surface area contributed by atoms with E-state index in [0.29, 0.717) is 5.69 Å². The van der Waals surface area contributed by atoms with Gasteiger partial charge in [-0.3, -0.25) is 0 Å². The van der Waals surface area contributed by atoms with E-state index in [9.17, 15) is 19.8 Å². The second-order valence-corrected chi connectivity index (χ2v) is 6.23. The number of fused-ring (bicyclic) bond motifs is 2. The van der Waals surface area contributed by atoms with Gasteiger partial charge in [-0.1, -0.05) is 48.5 Å². The third-order valence-electron chi connectivity index (χ3n) is 4.47. The van der Waals surface area contributed by atoms with Gasteiger partial charge < -0.3 is 15.5 Å². The van der Waals surface area contributed by atoms with E-state index in [1.54, 1.807) is 0 Å². The molecule has 3 N–H and O–H groups in total. The molecule has 0 unspecified atom stereocenters. The number of hydrogen-bond donors (Lipinski definition) is 3. The molecule has 0 aliphatic rings. The maximum atomic E-state index is 11.4. The van der Waals surface area contributed by atoms with Crippen molar-refractivity contribution in [2.45, 2.75) is 0 Å². The molecule has 0 saturated carbocycles. The minimum Gasteiger partial charge on any atom is -0.478 e. The fraction of sp³-hybridized carbons (Fsp3) is 0. The Labute approximate surface area is 154 Å². The highest BCUT2D eigenvalue weighted by Gasteiger charge is 2.13. The summed E-state index contributed by atoms with van der Waals surface area (Å²) in [5.41, 5.74) is 1.06. The van der Waals surface area contributed by atoms with Gasteiger partial charge in [0.1, 0.15) is 0 Å². The van der Waals surface area contributed by atoms with Gasteiger partial charge in [-0.15, -0.1) is 0 Å². The Morgan fingerprint density at radius 2 is 1.15 bits per heavy atom. The van der Waals surface area contributed by atoms with Gasteiger partial charge in [0.15, 0.2) is 0 Å². The molecule has 0 saturated heterocycles. The van der Waals surface area contributed by atoms with E-state index in [2.05, 4.69) is 11.4 Å². The van der Waals surface area contributed by atoms with Crippen LogP contribution in [-0.4, -0.2) is 22.2 Å². The van der Waals surface area contributed by atoms with Crippen molar-refractivity contribution in [2.24, 2.45) is 0 Å². The summed E-state index contributed by atoms with van der Waals surface area (Å²) in [6.07, 6.45) is 0. The van der Waals surface area contributed by atoms with Crippen LogP contribution < -0.4 is 5.32 Å². The van der Waals surface area contributed by atoms with Gasteiger partial charge in [-0.05, 0) is 35.0 Å². The first kappa shape index (κ1) is 16.6. The molecule has 0 amide bonds. The van der Waals surface area contributed by atoms with Crippen LogP contribution >= 0.6 is 0 Å². The summed E-state index contributed by atoms with van der Waals surface area (Å²) in [7, 11) is 0. The molecule has 0 bridgehead atoms. The molecular weight excluding hydrogens is 342 g/mol. The largest absolute Gasteiger partial charge is 0.478 e. The smallest absolute Gasteiger partial charge is 0.335 e. The van der Waals surface area contributed by atoms with Gasteiger partial charge in [0.05, 0.1) is 16.8 Å². The molecule has 0 aliphatic carbocycles. The molecule has 27 heavy (non-hydrogen) atoms. The average Bonchev–Trinajstić information content (AvgIpc) is 2.67. The van der Waals surface area contributed by atoms with Crippen molar-refractivity contribution in [1.82, 2.24) is 0 Å². The molecule has 0 spiro atoms. The van der Waals surface area contributed by atoms with E-state index in [0.717, 1.165) is 33.3 Å². The average molecular weight is 357 g/mol. The molecule has 0 aromatic heterocycles. The Morgan fingerprint density at radius 1 is 0.667 bits per heavy atom. The minimum absolute atomic E-state index is 0.0815. The number of anilines is 2. The lowest BCUT2D eigenvalue weighted by atomic mass is 10.0. The second kappa shape index (κ2) is 6.46. The lowest BCUT2D eigenvalue weighted by Crippen LogP contribution is -2.04. The van der Waals surface area contributed by atoms with Crippen LogP contribution in [0.2, 0.25) is 0 Å². The number of benzene rings is 4. The van der Waals surface area contributed by atoms with Gasteiger partial charge in [-0.2, -0.15) is 0 Å². The van der Waals surface area contributed by atoms with Gasteiger partial charge in [0, 0.05) is 16.5 Å². The predicted octanol–water partition coefficient (Wildman–Crippen LogP) is 5.13. The lowest BCUT2D eigenvalue weighted by Gasteiger charge is -2.15. The summed E-state index contributed by atoms with van der Waals surface area (Å²) in [5, 5.41) is 25.9. The molecule has 0 aliphatic heterocycles. The topological polar surface area (TPSA) is 86.6 Å². The fourth-order valence-electron chi connectivity index (χ4n) is 3.24. The number of aromatic carboxylic acids is 2. The van der Waals surface area contributed by atoms with Gasteiger partial charge in [0.2, 0.25) is 0 Å². The first-order valence-corrected chi connectivity index (χ1v) is 8.32. The lowest BCUT2D eigenvalue weighted by molar-refractivity contribution is 0.0696. The molecule has 5 nitrogen and oxygen atoms in total. The molecule has 0 radical (unpaired) electrons. The van der Waals surface area contributed by atoms with Gasteiger partial charge >= 0.3 is 11.9 Å². The Hall–Kier alpha value is -3.86. The zero-order chi connectivity index (χ0) is 19.0. The van der Waals surface area contributed by atoms with Crippen molar-refractivity contribution in [3.63, 3.8) is 0 Å². The first-order chi connectivity index (χ1) is 13.0. The summed E-state index contributed by atoms with van der Waals surface area (Å²) in [4.78, 5) is 22.8. The van der Waals surface area contributed by atoms with Crippen molar-refractivity contribution in [1.29, 1.82) is 0 Å². The standard InChI is InChI=1S/C22H15NO4/c24-21(25)15-10-16(22(26)27)12-17(11-15)23-20-18-7-3-1-5-13(18)9-14-6-2-4-8-19(14)20/h1-12,23H,(H,24,25)(H,26,27). The molecule has 4 aromatic rings. The molecule has 132 valence electrons. The number of rotatable bonds is 4. The van der Waals surface area contributed by atoms with Gasteiger partial charge in [-0.25, -0.2) is 9.59 Å². The number of nitrogens with one attached hydrogen (secondary N) is 1. The summed E-state index contributed by atoms with van der Waals surface area (Å²) in [5.74, 6) is -2.35. The van der Waals surface area contributed by atoms with Crippen LogP contribution in [-0.2, 0) is 0 Å². The highest BCUT2D eigenvalue weighted by Crippen LogP contribution is 2.35. The fourth-order valence-corrected chi connectivity index (χ4v) is 3.24. The highest BCUT2D eigenvalue weighted by molar-refractivity contribution is 6.12. The summed E-state index contributed by atoms with van der Waals surface area (Å²) < 4.78 is 0. The normalized spacial score (nSPS) is 10.8. The van der Waals surface area contributed by atoms with Crippen LogP contribution in [0.4, 0.5) is 11.4 Å². The minimum atomic E-state index is -1.18. The molecule has 0 atom stereocenters. The summed E-state index contributed by atoms with van der Waals surface area (Å²) in [6.45, 7) is 0. The Kier molecular flexibility index (Phi) is 3.97. The maximum Gasteiger partial charge on any atom is 0.335 e. The molecule has 4 aromatic carbocycles. The molecule has 5 heteroatoms. The maximum absolute atomic E-state index is 11.4. The van der Waals surface area contributed by atoms with Crippen LogP contribution in [0.25, 0.3) is 21.5 Å². The van der Waals surface area contributed by atoms with E-state index in [-0.39, 0.29) is 11.1 Å². The molecular formula is C22H15NO4. The molecule has 4 rings (SSSR count). The van der Waals surface area contributed by atoms with Crippen LogP contribution in [0.3, 0.4) is 0 Å². The Morgan fingerprint density at radius 3 is 1.63 bits per heavy atom. The third kappa shape index (κ3) is 3.06. The summed E-state index contributed by atoms with van der Waals surface area (Å²) >= 11 is 0. The number of hydrogen-bond acceptors (Lipinski definition) is 3. The zero-order valence-corrected chi connectivity index (χ0v) is 14.1. The van der Waals surface area contributed by atoms with Crippen molar-refractivity contribution < 1.29 is 19.8 Å². The number of carboxylic acid groups (broad SMARTS) is 2. The molecule has 0 heterocycles. The van der Waals surface area contributed by atoms with Crippen LogP contribution in [0.1, 0.15) is 20.7 Å². The molecule has 0 fully saturated rings. The van der Waals surface area contributed by atoms with E-state index in [1.807, 2.05) is 48.5 Å². The van der Waals surface area contributed by atoms with Crippen molar-refractivity contribution in [3.05, 3.63) is 83.9 Å². The Bertz CT molecular complexity index is 1130. The SMILES string of the molecule is O=C(O)c1cc(Nc2c3ccccc3cc3ccccc23)cc(C(=O)O)c1. The quantitative estimate of drug-likeness (QED) is 0.441. The van der Waals surface area contributed by atoms with E-state index < -0.39 is 11.9 Å². The van der Waals surface area contributed by atoms with Crippen molar-refractivity contribution >= 4 is 44.9 Å². The highest BCUT2D eigenvalue weighted by atomic mass is 16.4. The third-order valence-corrected chi connectivity index (χ3v) is 4.47. The van der Waals surface area contributed by atoms with E-state index in [1.165, 1.54) is 12.1 Å². The van der Waals surface area contributed by atoms with Crippen LogP contribution in [0, 0.1) is 0 Å². The second-order valence-electron chi connectivity index (χ2n) is 6.23. The van der Waals surface area contributed by atoms with E-state index >= 15 is 0 Å². The summed E-state index contributed by atoms with van der Waals surface area (Å²) in [6, 6.07) is 21.8. The van der Waals surface area contributed by atoms with Crippen molar-refractivity contribution in [2.75, 3.05) is 5.32 Å². The number of carbonyl (C=O) groups is 2. The van der Waals surface area contributed by atoms with Crippen molar-refractivity contribution in [3.8, 4) is 0 Å².